The summed E-state index contributed by atoms with van der Waals surface area (Å²) in [5.41, 5.74) is 1.55. The van der Waals surface area contributed by atoms with Crippen molar-refractivity contribution in [1.82, 2.24) is 9.97 Å². The van der Waals surface area contributed by atoms with Crippen molar-refractivity contribution in [3.05, 3.63) is 47.3 Å². The van der Waals surface area contributed by atoms with Crippen LogP contribution in [0.4, 0.5) is 11.6 Å². The number of hydrogen-bond donors (Lipinski definition) is 2. The lowest BCUT2D eigenvalue weighted by Gasteiger charge is -2.07. The maximum atomic E-state index is 11.5. The van der Waals surface area contributed by atoms with Crippen molar-refractivity contribution in [1.29, 1.82) is 0 Å². The Morgan fingerprint density at radius 1 is 1.19 bits per heavy atom. The van der Waals surface area contributed by atoms with Crippen LogP contribution < -0.4 is 5.32 Å². The van der Waals surface area contributed by atoms with E-state index in [0.29, 0.717) is 11.4 Å². The van der Waals surface area contributed by atoms with Gasteiger partial charge in [0.15, 0.2) is 5.69 Å². The first-order valence-corrected chi connectivity index (χ1v) is 6.04. The van der Waals surface area contributed by atoms with Crippen LogP contribution in [0, 0.1) is 6.92 Å². The number of nitrogens with one attached hydrogen (secondary N) is 1. The molecule has 0 aliphatic heterocycles. The molecule has 21 heavy (non-hydrogen) atoms. The molecule has 1 aromatic carbocycles. The summed E-state index contributed by atoms with van der Waals surface area (Å²) in [5, 5.41) is 11.7. The molecule has 2 rings (SSSR count). The molecule has 1 heterocycles. The number of aryl methyl sites for hydroxylation is 1. The van der Waals surface area contributed by atoms with Crippen LogP contribution in [0.15, 0.2) is 30.3 Å². The van der Waals surface area contributed by atoms with E-state index >= 15 is 0 Å². The number of anilines is 2. The summed E-state index contributed by atoms with van der Waals surface area (Å²) in [5.74, 6) is -1.32. The Morgan fingerprint density at radius 2 is 1.86 bits per heavy atom. The molecule has 2 N–H and O–H groups in total. The second-order valence-corrected chi connectivity index (χ2v) is 4.22. The van der Waals surface area contributed by atoms with Crippen LogP contribution in [0.5, 0.6) is 0 Å². The molecule has 0 unspecified atom stereocenters. The minimum absolute atomic E-state index is 0.148. The Hall–Kier alpha value is -2.96. The highest BCUT2D eigenvalue weighted by atomic mass is 16.5. The third-order valence-corrected chi connectivity index (χ3v) is 2.64. The van der Waals surface area contributed by atoms with Crippen LogP contribution in [0.3, 0.4) is 0 Å². The fourth-order valence-corrected chi connectivity index (χ4v) is 1.66. The molecule has 108 valence electrons. The van der Waals surface area contributed by atoms with E-state index in [1.807, 2.05) is 0 Å². The van der Waals surface area contributed by atoms with Crippen molar-refractivity contribution in [3.63, 3.8) is 0 Å². The predicted molar refractivity (Wildman–Crippen MR) is 74.8 cm³/mol. The number of rotatable bonds is 4. The van der Waals surface area contributed by atoms with E-state index in [-0.39, 0.29) is 17.2 Å². The summed E-state index contributed by atoms with van der Waals surface area (Å²) in [6.45, 7) is 1.73. The van der Waals surface area contributed by atoms with Crippen molar-refractivity contribution < 1.29 is 19.4 Å². The van der Waals surface area contributed by atoms with Gasteiger partial charge in [0.2, 0.25) is 5.95 Å². The number of carbonyl (C=O) groups excluding carboxylic acids is 1. The average Bonchev–Trinajstić information content (AvgIpc) is 2.46. The summed E-state index contributed by atoms with van der Waals surface area (Å²) in [7, 11) is 1.28. The van der Waals surface area contributed by atoms with Crippen LogP contribution in [0.1, 0.15) is 26.5 Å². The minimum Gasteiger partial charge on any atom is -0.478 e. The van der Waals surface area contributed by atoms with Gasteiger partial charge in [-0.05, 0) is 37.3 Å². The van der Waals surface area contributed by atoms with Crippen LogP contribution in [0.2, 0.25) is 0 Å². The molecule has 1 aromatic heterocycles. The second-order valence-electron chi connectivity index (χ2n) is 4.22. The highest BCUT2D eigenvalue weighted by molar-refractivity contribution is 5.88. The van der Waals surface area contributed by atoms with Crippen LogP contribution in [-0.4, -0.2) is 34.1 Å². The van der Waals surface area contributed by atoms with Gasteiger partial charge in [-0.25, -0.2) is 19.6 Å². The number of hydrogen-bond acceptors (Lipinski definition) is 6. The Bertz CT molecular complexity index is 683. The molecule has 0 spiro atoms. The average molecular weight is 287 g/mol. The van der Waals surface area contributed by atoms with Gasteiger partial charge in [-0.2, -0.15) is 0 Å². The fourth-order valence-electron chi connectivity index (χ4n) is 1.66. The third-order valence-electron chi connectivity index (χ3n) is 2.64. The first-order chi connectivity index (χ1) is 9.99. The Kier molecular flexibility index (Phi) is 4.13. The molecule has 2 aromatic rings. The highest BCUT2D eigenvalue weighted by Crippen LogP contribution is 2.15. The van der Waals surface area contributed by atoms with E-state index in [2.05, 4.69) is 20.0 Å². The summed E-state index contributed by atoms with van der Waals surface area (Å²) in [6.07, 6.45) is 0. The third kappa shape index (κ3) is 3.53. The van der Waals surface area contributed by atoms with Crippen LogP contribution >= 0.6 is 0 Å². The SMILES string of the molecule is COC(=O)c1cc(C)nc(Nc2ccc(C(=O)O)cc2)n1. The summed E-state index contributed by atoms with van der Waals surface area (Å²) >= 11 is 0. The van der Waals surface area contributed by atoms with Crippen LogP contribution in [0.25, 0.3) is 0 Å². The number of aromatic nitrogens is 2. The van der Waals surface area contributed by atoms with E-state index < -0.39 is 11.9 Å². The van der Waals surface area contributed by atoms with Gasteiger partial charge in [0, 0.05) is 11.4 Å². The molecule has 0 saturated carbocycles. The van der Waals surface area contributed by atoms with E-state index in [1.165, 1.54) is 25.3 Å². The van der Waals surface area contributed by atoms with Gasteiger partial charge in [-0.1, -0.05) is 0 Å². The zero-order chi connectivity index (χ0) is 15.4. The number of ether oxygens (including phenoxy) is 1. The first-order valence-electron chi connectivity index (χ1n) is 6.04. The van der Waals surface area contributed by atoms with Crippen molar-refractivity contribution in [2.75, 3.05) is 12.4 Å². The van der Waals surface area contributed by atoms with Crippen molar-refractivity contribution in [2.24, 2.45) is 0 Å². The lowest BCUT2D eigenvalue weighted by molar-refractivity contribution is 0.0593. The number of carbonyl (C=O) groups is 2. The van der Waals surface area contributed by atoms with Gasteiger partial charge < -0.3 is 15.2 Å². The number of nitrogens with zero attached hydrogens (tertiary/aromatic N) is 2. The number of carboxylic acid groups (broad SMARTS) is 1. The number of benzene rings is 1. The van der Waals surface area contributed by atoms with Crippen molar-refractivity contribution in [2.45, 2.75) is 6.92 Å². The molecule has 0 aliphatic carbocycles. The van der Waals surface area contributed by atoms with Crippen molar-refractivity contribution in [3.8, 4) is 0 Å². The summed E-state index contributed by atoms with van der Waals surface area (Å²) < 4.78 is 4.62. The zero-order valence-corrected chi connectivity index (χ0v) is 11.5. The van der Waals surface area contributed by atoms with Crippen molar-refractivity contribution >= 4 is 23.6 Å². The lowest BCUT2D eigenvalue weighted by Crippen LogP contribution is -2.08. The van der Waals surface area contributed by atoms with E-state index in [9.17, 15) is 9.59 Å². The molecule has 0 saturated heterocycles. The Morgan fingerprint density at radius 3 is 2.43 bits per heavy atom. The Labute approximate surface area is 120 Å². The molecular formula is C14H13N3O4. The molecule has 0 fully saturated rings. The molecular weight excluding hydrogens is 274 g/mol. The van der Waals surface area contributed by atoms with Gasteiger partial charge in [-0.3, -0.25) is 0 Å². The van der Waals surface area contributed by atoms with Gasteiger partial charge in [-0.15, -0.1) is 0 Å². The second kappa shape index (κ2) is 6.00. The van der Waals surface area contributed by atoms with Crippen LogP contribution in [-0.2, 0) is 4.74 Å². The fraction of sp³-hybridized carbons (Fsp3) is 0.143. The summed E-state index contributed by atoms with van der Waals surface area (Å²) in [6, 6.07) is 7.62. The van der Waals surface area contributed by atoms with Gasteiger partial charge in [0.1, 0.15) is 0 Å². The number of methoxy groups -OCH3 is 1. The largest absolute Gasteiger partial charge is 0.478 e. The monoisotopic (exact) mass is 287 g/mol. The maximum Gasteiger partial charge on any atom is 0.356 e. The van der Waals surface area contributed by atoms with Gasteiger partial charge >= 0.3 is 11.9 Å². The van der Waals surface area contributed by atoms with Gasteiger partial charge in [0.25, 0.3) is 0 Å². The molecule has 7 nitrogen and oxygen atoms in total. The van der Waals surface area contributed by atoms with E-state index in [0.717, 1.165) is 0 Å². The smallest absolute Gasteiger partial charge is 0.356 e. The normalized spacial score (nSPS) is 10.0. The topological polar surface area (TPSA) is 101 Å². The quantitative estimate of drug-likeness (QED) is 0.829. The zero-order valence-electron chi connectivity index (χ0n) is 11.5. The highest BCUT2D eigenvalue weighted by Gasteiger charge is 2.11. The number of aromatic carboxylic acids is 1. The molecule has 7 heteroatoms. The summed E-state index contributed by atoms with van der Waals surface area (Å²) in [4.78, 5) is 30.5. The first kappa shape index (κ1) is 14.4. The molecule has 0 radical (unpaired) electrons. The van der Waals surface area contributed by atoms with Gasteiger partial charge in [0.05, 0.1) is 12.7 Å². The molecule has 0 atom stereocenters. The lowest BCUT2D eigenvalue weighted by atomic mass is 10.2. The number of esters is 1. The predicted octanol–water partition coefficient (Wildman–Crippen LogP) is 2.01. The van der Waals surface area contributed by atoms with E-state index in [1.54, 1.807) is 19.1 Å². The minimum atomic E-state index is -0.999. The number of carboxylic acids is 1. The standard InChI is InChI=1S/C14H13N3O4/c1-8-7-11(13(20)21-2)17-14(15-8)16-10-5-3-9(4-6-10)12(18)19/h3-7H,1-2H3,(H,18,19)(H,15,16,17). The maximum absolute atomic E-state index is 11.5. The van der Waals surface area contributed by atoms with E-state index in [4.69, 9.17) is 5.11 Å². The Balaban J connectivity index is 2.24. The molecule has 0 aliphatic rings. The molecule has 0 bridgehead atoms. The molecule has 0 amide bonds.